The highest BCUT2D eigenvalue weighted by Gasteiger charge is 2.35. The van der Waals surface area contributed by atoms with Crippen LogP contribution in [0, 0.1) is 0 Å². The lowest BCUT2D eigenvalue weighted by molar-refractivity contribution is -0.117. The summed E-state index contributed by atoms with van der Waals surface area (Å²) in [6.45, 7) is 2.58. The molecule has 0 bridgehead atoms. The van der Waals surface area contributed by atoms with Gasteiger partial charge in [0.2, 0.25) is 5.91 Å². The molecule has 0 spiro atoms. The van der Waals surface area contributed by atoms with Crippen molar-refractivity contribution in [1.29, 1.82) is 0 Å². The third-order valence-electron chi connectivity index (χ3n) is 5.82. The summed E-state index contributed by atoms with van der Waals surface area (Å²) < 4.78 is 25.7. The van der Waals surface area contributed by atoms with Crippen molar-refractivity contribution >= 4 is 42.3 Å². The number of rotatable bonds is 11. The van der Waals surface area contributed by atoms with Gasteiger partial charge in [0.1, 0.15) is 6.29 Å². The maximum Gasteiger partial charge on any atom is 0.337 e. The van der Waals surface area contributed by atoms with E-state index < -0.39 is 19.2 Å². The predicted molar refractivity (Wildman–Crippen MR) is 130 cm³/mol. The zero-order valence-corrected chi connectivity index (χ0v) is 20.6. The van der Waals surface area contributed by atoms with Gasteiger partial charge in [0, 0.05) is 48.8 Å². The van der Waals surface area contributed by atoms with Crippen molar-refractivity contribution < 1.29 is 23.2 Å². The number of amides is 1. The lowest BCUT2D eigenvalue weighted by Crippen LogP contribution is -2.15. The molecule has 0 aliphatic carbocycles. The molecule has 2 aromatic carbocycles. The quantitative estimate of drug-likeness (QED) is 0.299. The number of aldehydes is 1. The Morgan fingerprint density at radius 3 is 2.52 bits per heavy atom. The van der Waals surface area contributed by atoms with Crippen LogP contribution in [-0.2, 0) is 42.6 Å². The summed E-state index contributed by atoms with van der Waals surface area (Å²) in [7, 11) is -0.964. The van der Waals surface area contributed by atoms with Gasteiger partial charge in [-0.2, -0.15) is 0 Å². The van der Waals surface area contributed by atoms with Crippen molar-refractivity contribution in [3.8, 4) is 0 Å². The van der Waals surface area contributed by atoms with Crippen molar-refractivity contribution in [3.05, 3.63) is 69.9 Å². The third kappa shape index (κ3) is 5.22. The molecule has 0 aliphatic rings. The van der Waals surface area contributed by atoms with Crippen LogP contribution in [0.4, 0.5) is 0 Å². The second kappa shape index (κ2) is 10.7. The molecule has 176 valence electrons. The number of fused-ring (bicyclic) bond motifs is 1. The fourth-order valence-electron chi connectivity index (χ4n) is 4.34. The van der Waals surface area contributed by atoms with E-state index in [-0.39, 0.29) is 12.8 Å². The minimum Gasteiger partial charge on any atom is -0.369 e. The lowest BCUT2D eigenvalue weighted by atomic mass is 10.0. The molecule has 1 atom stereocenters. The number of benzene rings is 2. The molecule has 0 radical (unpaired) electrons. The maximum absolute atomic E-state index is 13.1. The SMILES string of the molecule is CCc1c(CC(N)=O)c2cc(C(CC=O)P(=O)(OC)OC)ccc2n1Cc1cccc(Cl)c1. The minimum absolute atomic E-state index is 0.0283. The van der Waals surface area contributed by atoms with Gasteiger partial charge in [0.15, 0.2) is 0 Å². The molecule has 3 rings (SSSR count). The zero-order chi connectivity index (χ0) is 24.2. The van der Waals surface area contributed by atoms with Gasteiger partial charge < -0.3 is 24.1 Å². The van der Waals surface area contributed by atoms with Gasteiger partial charge in [-0.05, 0) is 47.4 Å². The van der Waals surface area contributed by atoms with Crippen LogP contribution in [0.25, 0.3) is 10.9 Å². The number of carbonyl (C=O) groups excluding carboxylic acids is 2. The molecule has 1 amide bonds. The van der Waals surface area contributed by atoms with Crippen LogP contribution in [0.5, 0.6) is 0 Å². The lowest BCUT2D eigenvalue weighted by Gasteiger charge is -2.23. The van der Waals surface area contributed by atoms with E-state index in [2.05, 4.69) is 4.57 Å². The highest BCUT2D eigenvalue weighted by Crippen LogP contribution is 2.61. The van der Waals surface area contributed by atoms with Crippen molar-refractivity contribution in [2.45, 2.75) is 38.4 Å². The molecule has 3 aromatic rings. The van der Waals surface area contributed by atoms with Crippen molar-refractivity contribution in [1.82, 2.24) is 4.57 Å². The summed E-state index contributed by atoms with van der Waals surface area (Å²) >= 11 is 6.18. The second-order valence-electron chi connectivity index (χ2n) is 7.74. The van der Waals surface area contributed by atoms with E-state index in [1.807, 2.05) is 49.4 Å². The van der Waals surface area contributed by atoms with Crippen LogP contribution in [0.1, 0.15) is 41.4 Å². The highest BCUT2D eigenvalue weighted by molar-refractivity contribution is 7.54. The largest absolute Gasteiger partial charge is 0.369 e. The summed E-state index contributed by atoms with van der Waals surface area (Å²) in [5, 5.41) is 1.47. The van der Waals surface area contributed by atoms with Gasteiger partial charge in [-0.3, -0.25) is 9.36 Å². The molecule has 7 nitrogen and oxygen atoms in total. The van der Waals surface area contributed by atoms with E-state index in [0.717, 1.165) is 27.7 Å². The topological polar surface area (TPSA) is 101 Å². The number of carbonyl (C=O) groups is 2. The Morgan fingerprint density at radius 2 is 1.94 bits per heavy atom. The molecule has 0 aliphatic heterocycles. The van der Waals surface area contributed by atoms with Gasteiger partial charge in [0.25, 0.3) is 0 Å². The van der Waals surface area contributed by atoms with Crippen molar-refractivity contribution in [2.24, 2.45) is 5.73 Å². The Balaban J connectivity index is 2.24. The second-order valence-corrected chi connectivity index (χ2v) is 10.6. The normalized spacial score (nSPS) is 12.7. The van der Waals surface area contributed by atoms with Gasteiger partial charge in [-0.15, -0.1) is 0 Å². The first-order valence-electron chi connectivity index (χ1n) is 10.6. The molecular weight excluding hydrogens is 463 g/mol. The summed E-state index contributed by atoms with van der Waals surface area (Å²) in [5.74, 6) is -0.444. The first kappa shape index (κ1) is 25.2. The number of primary amides is 1. The summed E-state index contributed by atoms with van der Waals surface area (Å²) in [6, 6.07) is 13.2. The Kier molecular flexibility index (Phi) is 8.14. The van der Waals surface area contributed by atoms with E-state index in [1.54, 1.807) is 0 Å². The molecule has 0 saturated carbocycles. The Hall–Kier alpha value is -2.44. The molecule has 1 unspecified atom stereocenters. The van der Waals surface area contributed by atoms with Crippen LogP contribution in [0.15, 0.2) is 42.5 Å². The van der Waals surface area contributed by atoms with Crippen LogP contribution < -0.4 is 5.73 Å². The monoisotopic (exact) mass is 490 g/mol. The van der Waals surface area contributed by atoms with Crippen LogP contribution in [-0.4, -0.2) is 31.0 Å². The smallest absolute Gasteiger partial charge is 0.337 e. The number of hydrogen-bond acceptors (Lipinski definition) is 5. The molecule has 33 heavy (non-hydrogen) atoms. The molecule has 0 saturated heterocycles. The van der Waals surface area contributed by atoms with Crippen LogP contribution >= 0.6 is 19.2 Å². The highest BCUT2D eigenvalue weighted by atomic mass is 35.5. The summed E-state index contributed by atoms with van der Waals surface area (Å²) in [5.41, 5.74) is 9.17. The number of nitrogens with zero attached hydrogens (tertiary/aromatic N) is 1. The average Bonchev–Trinajstić information content (AvgIpc) is 3.08. The van der Waals surface area contributed by atoms with Gasteiger partial charge in [0.05, 0.1) is 12.1 Å². The van der Waals surface area contributed by atoms with Gasteiger partial charge >= 0.3 is 7.60 Å². The van der Waals surface area contributed by atoms with Gasteiger partial charge in [-0.1, -0.05) is 36.7 Å². The molecule has 2 N–H and O–H groups in total. The minimum atomic E-state index is -3.57. The summed E-state index contributed by atoms with van der Waals surface area (Å²) in [6.07, 6.45) is 1.42. The van der Waals surface area contributed by atoms with E-state index >= 15 is 0 Å². The maximum atomic E-state index is 13.1. The fraction of sp³-hybridized carbons (Fsp3) is 0.333. The Labute approximate surface area is 198 Å². The zero-order valence-electron chi connectivity index (χ0n) is 18.9. The van der Waals surface area contributed by atoms with E-state index in [1.165, 1.54) is 14.2 Å². The number of nitrogens with two attached hydrogens (primary N) is 1. The number of halogens is 1. The third-order valence-corrected chi connectivity index (χ3v) is 8.35. The van der Waals surface area contributed by atoms with Crippen molar-refractivity contribution in [3.63, 3.8) is 0 Å². The van der Waals surface area contributed by atoms with Crippen LogP contribution in [0.3, 0.4) is 0 Å². The first-order valence-corrected chi connectivity index (χ1v) is 12.6. The van der Waals surface area contributed by atoms with E-state index in [4.69, 9.17) is 26.4 Å². The van der Waals surface area contributed by atoms with Crippen LogP contribution in [0.2, 0.25) is 5.02 Å². The first-order chi connectivity index (χ1) is 15.8. The van der Waals surface area contributed by atoms with Gasteiger partial charge in [-0.25, -0.2) is 0 Å². The molecule has 1 heterocycles. The molecule has 9 heteroatoms. The Morgan fingerprint density at radius 1 is 1.21 bits per heavy atom. The number of hydrogen-bond donors (Lipinski definition) is 1. The fourth-order valence-corrected chi connectivity index (χ4v) is 6.08. The van der Waals surface area contributed by atoms with E-state index in [9.17, 15) is 14.2 Å². The van der Waals surface area contributed by atoms with E-state index in [0.29, 0.717) is 29.8 Å². The number of aromatic nitrogens is 1. The predicted octanol–water partition coefficient (Wildman–Crippen LogP) is 5.05. The molecule has 1 aromatic heterocycles. The standard InChI is InChI=1S/C24H28ClN2O5P/c1-4-21-20(14-24(26)29)19-13-17(23(10-11-28)33(30,31-2)32-3)8-9-22(19)27(21)15-16-6-5-7-18(25)12-16/h5-9,11-13,23H,4,10,14-15H2,1-3H3,(H2,26,29). The Bertz CT molecular complexity index is 1220. The van der Waals surface area contributed by atoms with Crippen molar-refractivity contribution in [2.75, 3.05) is 14.2 Å². The molecular formula is C24H28ClN2O5P. The molecule has 0 fully saturated rings. The average molecular weight is 491 g/mol. The summed E-state index contributed by atoms with van der Waals surface area (Å²) in [4.78, 5) is 23.3.